The number of anilines is 2. The lowest BCUT2D eigenvalue weighted by Crippen LogP contribution is -2.35. The lowest BCUT2D eigenvalue weighted by molar-refractivity contribution is 0.102. The number of aromatic nitrogens is 2. The van der Waals surface area contributed by atoms with Gasteiger partial charge < -0.3 is 5.32 Å². The highest BCUT2D eigenvalue weighted by Gasteiger charge is 2.36. The highest BCUT2D eigenvalue weighted by molar-refractivity contribution is 7.92. The Balaban J connectivity index is 1.44. The van der Waals surface area contributed by atoms with Crippen molar-refractivity contribution in [1.82, 2.24) is 9.78 Å². The number of rotatable bonds is 5. The Hall–Kier alpha value is -3.91. The number of hydrogen-bond donors (Lipinski definition) is 1. The van der Waals surface area contributed by atoms with Crippen LogP contribution in [0.5, 0.6) is 0 Å². The molecule has 1 aromatic heterocycles. The van der Waals surface area contributed by atoms with Crippen molar-refractivity contribution in [2.24, 2.45) is 0 Å². The van der Waals surface area contributed by atoms with Crippen LogP contribution in [0.3, 0.4) is 0 Å². The first-order valence-corrected chi connectivity index (χ1v) is 12.9. The number of amides is 1. The SMILES string of the molecule is Cc1ccc(-n2nc(C)cc2NC(=O)c2cccc(S(=O)(=O)N3c4ccccc4CC3C)c2)cc1. The van der Waals surface area contributed by atoms with Crippen molar-refractivity contribution >= 4 is 27.4 Å². The van der Waals surface area contributed by atoms with E-state index in [1.165, 1.54) is 16.4 Å². The second-order valence-corrected chi connectivity index (χ2v) is 10.7. The summed E-state index contributed by atoms with van der Waals surface area (Å²) in [5, 5.41) is 7.38. The zero-order valence-electron chi connectivity index (χ0n) is 19.8. The number of nitrogens with one attached hydrogen (secondary N) is 1. The Morgan fingerprint density at radius 3 is 2.49 bits per heavy atom. The van der Waals surface area contributed by atoms with E-state index in [1.54, 1.807) is 22.9 Å². The molecule has 35 heavy (non-hydrogen) atoms. The van der Waals surface area contributed by atoms with Crippen LogP contribution >= 0.6 is 0 Å². The van der Waals surface area contributed by atoms with Gasteiger partial charge in [0.2, 0.25) is 0 Å². The van der Waals surface area contributed by atoms with E-state index < -0.39 is 15.9 Å². The van der Waals surface area contributed by atoms with E-state index in [9.17, 15) is 13.2 Å². The van der Waals surface area contributed by atoms with Gasteiger partial charge in [-0.15, -0.1) is 0 Å². The Morgan fingerprint density at radius 2 is 1.71 bits per heavy atom. The molecule has 0 saturated carbocycles. The first-order valence-electron chi connectivity index (χ1n) is 11.4. The summed E-state index contributed by atoms with van der Waals surface area (Å²) in [7, 11) is -3.85. The number of para-hydroxylation sites is 1. The van der Waals surface area contributed by atoms with Gasteiger partial charge in [-0.2, -0.15) is 5.10 Å². The van der Waals surface area contributed by atoms with Crippen LogP contribution in [0.1, 0.15) is 34.1 Å². The summed E-state index contributed by atoms with van der Waals surface area (Å²) in [6, 6.07) is 23.1. The fraction of sp³-hybridized carbons (Fsp3) is 0.185. The van der Waals surface area contributed by atoms with Gasteiger partial charge in [-0.05, 0) is 69.2 Å². The maximum atomic E-state index is 13.6. The highest BCUT2D eigenvalue weighted by Crippen LogP contribution is 2.36. The van der Waals surface area contributed by atoms with Crippen LogP contribution < -0.4 is 9.62 Å². The average molecular weight is 487 g/mol. The molecule has 7 nitrogen and oxygen atoms in total. The van der Waals surface area contributed by atoms with E-state index in [0.29, 0.717) is 17.9 Å². The number of fused-ring (bicyclic) bond motifs is 1. The summed E-state index contributed by atoms with van der Waals surface area (Å²) < 4.78 is 30.3. The van der Waals surface area contributed by atoms with Crippen molar-refractivity contribution in [3.63, 3.8) is 0 Å². The Labute approximate surface area is 205 Å². The van der Waals surface area contributed by atoms with Crippen molar-refractivity contribution < 1.29 is 13.2 Å². The van der Waals surface area contributed by atoms with E-state index in [0.717, 1.165) is 22.5 Å². The third kappa shape index (κ3) is 4.21. The van der Waals surface area contributed by atoms with Gasteiger partial charge in [-0.3, -0.25) is 9.10 Å². The largest absolute Gasteiger partial charge is 0.306 e. The number of hydrogen-bond acceptors (Lipinski definition) is 4. The molecule has 1 atom stereocenters. The van der Waals surface area contributed by atoms with Gasteiger partial charge in [0.25, 0.3) is 15.9 Å². The molecule has 2 heterocycles. The Kier molecular flexibility index (Phi) is 5.68. The molecule has 0 bridgehead atoms. The van der Waals surface area contributed by atoms with E-state index in [2.05, 4.69) is 10.4 Å². The van der Waals surface area contributed by atoms with Crippen molar-refractivity contribution in [3.05, 3.63) is 101 Å². The molecular weight excluding hydrogens is 460 g/mol. The van der Waals surface area contributed by atoms with Gasteiger partial charge in [0.05, 0.1) is 22.0 Å². The minimum Gasteiger partial charge on any atom is -0.306 e. The average Bonchev–Trinajstić information content (AvgIpc) is 3.38. The van der Waals surface area contributed by atoms with Crippen molar-refractivity contribution in [2.75, 3.05) is 9.62 Å². The molecule has 1 N–H and O–H groups in total. The predicted octanol–water partition coefficient (Wildman–Crippen LogP) is 4.88. The molecule has 5 rings (SSSR count). The molecular formula is C27H26N4O3S. The fourth-order valence-corrected chi connectivity index (χ4v) is 6.21. The van der Waals surface area contributed by atoms with Crippen LogP contribution in [0.2, 0.25) is 0 Å². The standard InChI is InChI=1S/C27H26N4O3S/c1-18-11-13-23(14-12-18)30-26(15-19(2)29-30)28-27(32)22-8-6-9-24(17-22)35(33,34)31-20(3)16-21-7-4-5-10-25(21)31/h4-15,17,20H,16H2,1-3H3,(H,28,32). The predicted molar refractivity (Wildman–Crippen MR) is 137 cm³/mol. The molecule has 1 unspecified atom stereocenters. The van der Waals surface area contributed by atoms with Gasteiger partial charge in [0, 0.05) is 17.7 Å². The summed E-state index contributed by atoms with van der Waals surface area (Å²) in [4.78, 5) is 13.2. The summed E-state index contributed by atoms with van der Waals surface area (Å²) in [5.41, 5.74) is 4.62. The topological polar surface area (TPSA) is 84.3 Å². The molecule has 0 fully saturated rings. The van der Waals surface area contributed by atoms with Gasteiger partial charge in [-0.1, -0.05) is 42.0 Å². The van der Waals surface area contributed by atoms with Crippen LogP contribution in [0.25, 0.3) is 5.69 Å². The van der Waals surface area contributed by atoms with E-state index in [-0.39, 0.29) is 16.5 Å². The molecule has 4 aromatic rings. The number of benzene rings is 3. The number of aryl methyl sites for hydroxylation is 2. The van der Waals surface area contributed by atoms with Crippen molar-refractivity contribution in [3.8, 4) is 5.69 Å². The van der Waals surface area contributed by atoms with Gasteiger partial charge in [0.1, 0.15) is 5.82 Å². The first-order chi connectivity index (χ1) is 16.7. The quantitative estimate of drug-likeness (QED) is 0.436. The molecule has 8 heteroatoms. The van der Waals surface area contributed by atoms with Crippen molar-refractivity contribution in [1.29, 1.82) is 0 Å². The van der Waals surface area contributed by atoms with Crippen LogP contribution in [0.4, 0.5) is 11.5 Å². The molecule has 1 aliphatic heterocycles. The van der Waals surface area contributed by atoms with Crippen molar-refractivity contribution in [2.45, 2.75) is 38.1 Å². The lowest BCUT2D eigenvalue weighted by atomic mass is 10.1. The monoisotopic (exact) mass is 486 g/mol. The maximum absolute atomic E-state index is 13.6. The summed E-state index contributed by atoms with van der Waals surface area (Å²) in [6.07, 6.45) is 0.651. The normalized spacial score (nSPS) is 15.2. The van der Waals surface area contributed by atoms with Crippen LogP contribution in [0.15, 0.2) is 83.8 Å². The molecule has 3 aromatic carbocycles. The minimum atomic E-state index is -3.85. The molecule has 1 amide bonds. The Morgan fingerprint density at radius 1 is 0.971 bits per heavy atom. The molecule has 1 aliphatic rings. The molecule has 0 radical (unpaired) electrons. The second-order valence-electron chi connectivity index (χ2n) is 8.88. The maximum Gasteiger partial charge on any atom is 0.264 e. The fourth-order valence-electron chi connectivity index (χ4n) is 4.47. The molecule has 0 saturated heterocycles. The molecule has 0 aliphatic carbocycles. The van der Waals surface area contributed by atoms with Crippen LogP contribution in [-0.2, 0) is 16.4 Å². The molecule has 0 spiro atoms. The zero-order chi connectivity index (χ0) is 24.7. The van der Waals surface area contributed by atoms with E-state index in [1.807, 2.05) is 69.3 Å². The van der Waals surface area contributed by atoms with E-state index in [4.69, 9.17) is 0 Å². The minimum absolute atomic E-state index is 0.0805. The summed E-state index contributed by atoms with van der Waals surface area (Å²) in [5.74, 6) is 0.0943. The molecule has 178 valence electrons. The Bertz CT molecular complexity index is 1520. The summed E-state index contributed by atoms with van der Waals surface area (Å²) in [6.45, 7) is 5.74. The number of nitrogens with zero attached hydrogens (tertiary/aromatic N) is 3. The van der Waals surface area contributed by atoms with Gasteiger partial charge >= 0.3 is 0 Å². The van der Waals surface area contributed by atoms with E-state index >= 15 is 0 Å². The van der Waals surface area contributed by atoms with Gasteiger partial charge in [-0.25, -0.2) is 13.1 Å². The third-order valence-corrected chi connectivity index (χ3v) is 8.07. The van der Waals surface area contributed by atoms with Gasteiger partial charge in [0.15, 0.2) is 0 Å². The second kappa shape index (κ2) is 8.70. The number of carbonyl (C=O) groups excluding carboxylic acids is 1. The van der Waals surface area contributed by atoms with Crippen LogP contribution in [-0.4, -0.2) is 30.1 Å². The number of carbonyl (C=O) groups is 1. The summed E-state index contributed by atoms with van der Waals surface area (Å²) >= 11 is 0. The lowest BCUT2D eigenvalue weighted by Gasteiger charge is -2.24. The number of sulfonamides is 1. The van der Waals surface area contributed by atoms with Crippen LogP contribution in [0, 0.1) is 13.8 Å². The first kappa shape index (κ1) is 22.9. The smallest absolute Gasteiger partial charge is 0.264 e. The zero-order valence-corrected chi connectivity index (χ0v) is 20.6. The highest BCUT2D eigenvalue weighted by atomic mass is 32.2. The third-order valence-electron chi connectivity index (χ3n) is 6.15.